The molecule has 0 bridgehead atoms. The van der Waals surface area contributed by atoms with Crippen LogP contribution in [0.25, 0.3) is 0 Å². The molecule has 1 fully saturated rings. The number of Topliss-reactive ketones (excluding diaryl/α,β-unsaturated/α-hetero) is 1. The van der Waals surface area contributed by atoms with E-state index in [-0.39, 0.29) is 18.5 Å². The van der Waals surface area contributed by atoms with E-state index >= 15 is 0 Å². The van der Waals surface area contributed by atoms with E-state index in [0.29, 0.717) is 32.7 Å². The number of ether oxygens (including phenoxy) is 1. The van der Waals surface area contributed by atoms with Crippen molar-refractivity contribution in [3.05, 3.63) is 58.3 Å². The van der Waals surface area contributed by atoms with Gasteiger partial charge in [-0.15, -0.1) is 11.3 Å². The fraction of sp³-hybridized carbons (Fsp3) is 0.333. The molecule has 1 aliphatic rings. The number of hydrogen-bond donors (Lipinski definition) is 0. The molecule has 5 nitrogen and oxygen atoms in total. The van der Waals surface area contributed by atoms with Crippen LogP contribution in [-0.4, -0.2) is 54.4 Å². The predicted octanol–water partition coefficient (Wildman–Crippen LogP) is 2.89. The minimum Gasteiger partial charge on any atom is -0.445 e. The zero-order valence-electron chi connectivity index (χ0n) is 13.4. The van der Waals surface area contributed by atoms with Gasteiger partial charge in [0.25, 0.3) is 0 Å². The van der Waals surface area contributed by atoms with E-state index in [4.69, 9.17) is 4.74 Å². The van der Waals surface area contributed by atoms with Crippen LogP contribution >= 0.6 is 11.3 Å². The van der Waals surface area contributed by atoms with Gasteiger partial charge in [0, 0.05) is 26.2 Å². The third kappa shape index (κ3) is 4.43. The lowest BCUT2D eigenvalue weighted by Gasteiger charge is -2.33. The summed E-state index contributed by atoms with van der Waals surface area (Å²) in [5.41, 5.74) is 0.978. The first-order valence-corrected chi connectivity index (χ1v) is 8.85. The number of piperazine rings is 1. The first-order valence-electron chi connectivity index (χ1n) is 7.97. The van der Waals surface area contributed by atoms with Gasteiger partial charge in [-0.05, 0) is 17.0 Å². The van der Waals surface area contributed by atoms with Gasteiger partial charge in [-0.3, -0.25) is 9.69 Å². The van der Waals surface area contributed by atoms with Crippen LogP contribution in [0.15, 0.2) is 47.8 Å². The van der Waals surface area contributed by atoms with E-state index in [0.717, 1.165) is 10.4 Å². The summed E-state index contributed by atoms with van der Waals surface area (Å²) < 4.78 is 5.35. The van der Waals surface area contributed by atoms with E-state index in [1.54, 1.807) is 4.90 Å². The highest BCUT2D eigenvalue weighted by Crippen LogP contribution is 2.12. The van der Waals surface area contributed by atoms with Crippen molar-refractivity contribution < 1.29 is 14.3 Å². The van der Waals surface area contributed by atoms with Crippen LogP contribution in [0.1, 0.15) is 15.2 Å². The van der Waals surface area contributed by atoms with Crippen molar-refractivity contribution in [3.63, 3.8) is 0 Å². The van der Waals surface area contributed by atoms with Gasteiger partial charge in [-0.25, -0.2) is 4.79 Å². The molecule has 6 heteroatoms. The molecule has 0 N–H and O–H groups in total. The van der Waals surface area contributed by atoms with Crippen molar-refractivity contribution in [2.75, 3.05) is 32.7 Å². The fourth-order valence-corrected chi connectivity index (χ4v) is 3.27. The molecule has 0 spiro atoms. The van der Waals surface area contributed by atoms with Crippen molar-refractivity contribution in [1.29, 1.82) is 0 Å². The smallest absolute Gasteiger partial charge is 0.410 e. The summed E-state index contributed by atoms with van der Waals surface area (Å²) >= 11 is 1.47. The summed E-state index contributed by atoms with van der Waals surface area (Å²) in [7, 11) is 0. The Morgan fingerprint density at radius 3 is 2.42 bits per heavy atom. The second-order valence-corrected chi connectivity index (χ2v) is 6.65. The minimum absolute atomic E-state index is 0.144. The number of thiophene rings is 1. The number of rotatable bonds is 5. The first kappa shape index (κ1) is 16.7. The topological polar surface area (TPSA) is 49.9 Å². The van der Waals surface area contributed by atoms with Crippen molar-refractivity contribution in [1.82, 2.24) is 9.80 Å². The van der Waals surface area contributed by atoms with Crippen LogP contribution in [0.5, 0.6) is 0 Å². The molecule has 0 radical (unpaired) electrons. The standard InChI is InChI=1S/C18H20N2O3S/c21-16(17-7-4-12-24-17)13-19-8-10-20(11-9-19)18(22)23-14-15-5-2-1-3-6-15/h1-7,12H,8-11,13-14H2. The van der Waals surface area contributed by atoms with Crippen molar-refractivity contribution >= 4 is 23.2 Å². The first-order chi connectivity index (χ1) is 11.7. The summed E-state index contributed by atoms with van der Waals surface area (Å²) in [6.45, 7) is 3.26. The molecule has 2 aromatic rings. The Labute approximate surface area is 145 Å². The normalized spacial score (nSPS) is 15.2. The Balaban J connectivity index is 1.41. The highest BCUT2D eigenvalue weighted by molar-refractivity contribution is 7.12. The SMILES string of the molecule is O=C(CN1CCN(C(=O)OCc2ccccc2)CC1)c1cccs1. The molecular formula is C18H20N2O3S. The Hall–Kier alpha value is -2.18. The number of ketones is 1. The van der Waals surface area contributed by atoms with Crippen molar-refractivity contribution in [2.45, 2.75) is 6.61 Å². The van der Waals surface area contributed by atoms with Gasteiger partial charge >= 0.3 is 6.09 Å². The van der Waals surface area contributed by atoms with Crippen molar-refractivity contribution in [2.24, 2.45) is 0 Å². The quantitative estimate of drug-likeness (QED) is 0.783. The Kier molecular flexibility index (Phi) is 5.61. The van der Waals surface area contributed by atoms with E-state index in [1.165, 1.54) is 11.3 Å². The third-order valence-corrected chi connectivity index (χ3v) is 4.91. The van der Waals surface area contributed by atoms with Crippen LogP contribution in [-0.2, 0) is 11.3 Å². The van der Waals surface area contributed by atoms with Crippen LogP contribution in [0.3, 0.4) is 0 Å². The molecular weight excluding hydrogens is 324 g/mol. The second kappa shape index (κ2) is 8.08. The molecule has 0 unspecified atom stereocenters. The zero-order valence-corrected chi connectivity index (χ0v) is 14.2. The molecule has 0 aliphatic carbocycles. The van der Waals surface area contributed by atoms with Gasteiger partial charge in [-0.2, -0.15) is 0 Å². The predicted molar refractivity (Wildman–Crippen MR) is 93.3 cm³/mol. The molecule has 1 saturated heterocycles. The monoisotopic (exact) mass is 344 g/mol. The lowest BCUT2D eigenvalue weighted by Crippen LogP contribution is -2.50. The van der Waals surface area contributed by atoms with Gasteiger partial charge < -0.3 is 9.64 Å². The molecule has 0 atom stereocenters. The van der Waals surface area contributed by atoms with Crippen LogP contribution in [0.4, 0.5) is 4.79 Å². The molecule has 1 aromatic carbocycles. The van der Waals surface area contributed by atoms with E-state index < -0.39 is 0 Å². The number of hydrogen-bond acceptors (Lipinski definition) is 5. The van der Waals surface area contributed by atoms with Gasteiger partial charge in [0.2, 0.25) is 0 Å². The van der Waals surface area contributed by atoms with Crippen LogP contribution in [0.2, 0.25) is 0 Å². The highest BCUT2D eigenvalue weighted by atomic mass is 32.1. The lowest BCUT2D eigenvalue weighted by molar-refractivity contribution is 0.0679. The van der Waals surface area contributed by atoms with Gasteiger partial charge in [0.15, 0.2) is 5.78 Å². The van der Waals surface area contributed by atoms with Crippen LogP contribution < -0.4 is 0 Å². The molecule has 1 aromatic heterocycles. The van der Waals surface area contributed by atoms with Gasteiger partial charge in [0.1, 0.15) is 6.61 Å². The maximum atomic E-state index is 12.1. The number of carbonyl (C=O) groups excluding carboxylic acids is 2. The Morgan fingerprint density at radius 2 is 1.75 bits per heavy atom. The summed E-state index contributed by atoms with van der Waals surface area (Å²) in [6.07, 6.45) is -0.289. The molecule has 2 heterocycles. The highest BCUT2D eigenvalue weighted by Gasteiger charge is 2.23. The maximum absolute atomic E-state index is 12.1. The van der Waals surface area contributed by atoms with Crippen molar-refractivity contribution in [3.8, 4) is 0 Å². The third-order valence-electron chi connectivity index (χ3n) is 4.00. The van der Waals surface area contributed by atoms with Gasteiger partial charge in [0.05, 0.1) is 11.4 Å². The molecule has 126 valence electrons. The number of nitrogens with zero attached hydrogens (tertiary/aromatic N) is 2. The summed E-state index contributed by atoms with van der Waals surface area (Å²) in [4.78, 5) is 28.8. The van der Waals surface area contributed by atoms with E-state index in [9.17, 15) is 9.59 Å². The van der Waals surface area contributed by atoms with Crippen LogP contribution in [0, 0.1) is 0 Å². The average Bonchev–Trinajstić information content (AvgIpc) is 3.16. The number of carbonyl (C=O) groups is 2. The lowest BCUT2D eigenvalue weighted by atomic mass is 10.2. The molecule has 3 rings (SSSR count). The number of amides is 1. The van der Waals surface area contributed by atoms with E-state index in [2.05, 4.69) is 4.90 Å². The Morgan fingerprint density at radius 1 is 1.00 bits per heavy atom. The molecule has 1 aliphatic heterocycles. The fourth-order valence-electron chi connectivity index (χ4n) is 2.62. The largest absolute Gasteiger partial charge is 0.445 e. The molecule has 0 saturated carbocycles. The minimum atomic E-state index is -0.289. The number of benzene rings is 1. The van der Waals surface area contributed by atoms with Gasteiger partial charge in [-0.1, -0.05) is 36.4 Å². The second-order valence-electron chi connectivity index (χ2n) is 5.70. The summed E-state index contributed by atoms with van der Waals surface area (Å²) in [6, 6.07) is 13.4. The summed E-state index contributed by atoms with van der Waals surface area (Å²) in [5, 5.41) is 1.91. The summed E-state index contributed by atoms with van der Waals surface area (Å²) in [5.74, 6) is 0.144. The molecule has 24 heavy (non-hydrogen) atoms. The van der Waals surface area contributed by atoms with E-state index in [1.807, 2.05) is 47.8 Å². The zero-order chi connectivity index (χ0) is 16.8. The maximum Gasteiger partial charge on any atom is 0.410 e. The Bertz CT molecular complexity index is 665. The molecule has 1 amide bonds. The average molecular weight is 344 g/mol.